The Bertz CT molecular complexity index is 1550. The number of alkyl halides is 2. The van der Waals surface area contributed by atoms with Crippen LogP contribution < -0.4 is 5.32 Å². The SMILES string of the molecule is O=C(CC1CCCC1)c1ccc(NC(=O)c2n[nH]c3ccc(-c4cncc(CN5CCC(F)(F)CC5)c4)cc23)cn1. The van der Waals surface area contributed by atoms with E-state index in [4.69, 9.17) is 0 Å². The highest BCUT2D eigenvalue weighted by Gasteiger charge is 2.33. The Balaban J connectivity index is 1.14. The topological polar surface area (TPSA) is 104 Å². The van der Waals surface area contributed by atoms with E-state index in [1.807, 2.05) is 29.2 Å². The van der Waals surface area contributed by atoms with Crippen LogP contribution in [0.15, 0.2) is 55.0 Å². The number of nitrogens with one attached hydrogen (secondary N) is 2. The van der Waals surface area contributed by atoms with E-state index in [0.717, 1.165) is 29.5 Å². The molecule has 1 saturated carbocycles. The highest BCUT2D eigenvalue weighted by Crippen LogP contribution is 2.30. The smallest absolute Gasteiger partial charge is 0.276 e. The van der Waals surface area contributed by atoms with Crippen LogP contribution in [0.3, 0.4) is 0 Å². The van der Waals surface area contributed by atoms with E-state index >= 15 is 0 Å². The minimum absolute atomic E-state index is 0.0386. The number of carbonyl (C=O) groups is 2. The van der Waals surface area contributed by atoms with E-state index < -0.39 is 11.8 Å². The van der Waals surface area contributed by atoms with Crippen molar-refractivity contribution in [3.05, 3.63) is 71.9 Å². The second kappa shape index (κ2) is 11.4. The number of halogens is 2. The number of rotatable bonds is 8. The van der Waals surface area contributed by atoms with Gasteiger partial charge in [0.2, 0.25) is 0 Å². The van der Waals surface area contributed by atoms with Gasteiger partial charge in [0.05, 0.1) is 17.4 Å². The summed E-state index contributed by atoms with van der Waals surface area (Å²) in [6.45, 7) is 1.26. The van der Waals surface area contributed by atoms with Crippen molar-refractivity contribution in [1.29, 1.82) is 0 Å². The molecule has 1 aliphatic heterocycles. The lowest BCUT2D eigenvalue weighted by Crippen LogP contribution is -2.38. The first-order valence-corrected chi connectivity index (χ1v) is 14.2. The number of piperidine rings is 1. The van der Waals surface area contributed by atoms with Crippen molar-refractivity contribution in [1.82, 2.24) is 25.1 Å². The van der Waals surface area contributed by atoms with Gasteiger partial charge in [-0.25, -0.2) is 8.78 Å². The van der Waals surface area contributed by atoms with Crippen LogP contribution in [0.4, 0.5) is 14.5 Å². The number of nitrogens with zero attached hydrogens (tertiary/aromatic N) is 4. The molecule has 10 heteroatoms. The number of Topliss-reactive ketones (excluding diaryl/α,β-unsaturated/α-hetero) is 1. The van der Waals surface area contributed by atoms with E-state index in [1.54, 1.807) is 24.5 Å². The fraction of sp³-hybridized carbons (Fsp3) is 0.387. The summed E-state index contributed by atoms with van der Waals surface area (Å²) in [6.07, 6.45) is 9.86. The van der Waals surface area contributed by atoms with Crippen molar-refractivity contribution in [2.75, 3.05) is 18.4 Å². The highest BCUT2D eigenvalue weighted by atomic mass is 19.3. The van der Waals surface area contributed by atoms with Crippen molar-refractivity contribution < 1.29 is 18.4 Å². The lowest BCUT2D eigenvalue weighted by Gasteiger charge is -2.31. The third-order valence-electron chi connectivity index (χ3n) is 8.16. The molecule has 0 radical (unpaired) electrons. The van der Waals surface area contributed by atoms with Crippen molar-refractivity contribution in [3.8, 4) is 11.1 Å². The molecule has 41 heavy (non-hydrogen) atoms. The Morgan fingerprint density at radius 1 is 1.00 bits per heavy atom. The molecule has 8 nitrogen and oxygen atoms in total. The molecule has 0 unspecified atom stereocenters. The number of pyridine rings is 2. The molecule has 1 aliphatic carbocycles. The largest absolute Gasteiger partial charge is 0.319 e. The van der Waals surface area contributed by atoms with Gasteiger partial charge in [-0.05, 0) is 47.4 Å². The van der Waals surface area contributed by atoms with Crippen LogP contribution in [0.1, 0.15) is 71.5 Å². The number of aromatic nitrogens is 4. The molecular weight excluding hydrogens is 526 g/mol. The standard InChI is InChI=1S/C31H32F2N6O2/c32-31(33)9-11-39(12-10-31)19-21-13-23(17-34-16-21)22-5-7-26-25(15-22)29(38-37-26)30(41)36-24-6-8-27(35-18-24)28(40)14-20-3-1-2-4-20/h5-8,13,15-18,20H,1-4,9-12,14,19H2,(H,36,41)(H,37,38). The Kier molecular flexibility index (Phi) is 7.57. The number of benzene rings is 1. The molecular formula is C31H32F2N6O2. The van der Waals surface area contributed by atoms with Crippen molar-refractivity contribution in [3.63, 3.8) is 0 Å². The van der Waals surface area contributed by atoms with Gasteiger partial charge in [-0.3, -0.25) is 29.6 Å². The second-order valence-corrected chi connectivity index (χ2v) is 11.2. The molecule has 1 aromatic carbocycles. The van der Waals surface area contributed by atoms with Gasteiger partial charge in [0.15, 0.2) is 11.5 Å². The zero-order valence-corrected chi connectivity index (χ0v) is 22.7. The summed E-state index contributed by atoms with van der Waals surface area (Å²) in [5.41, 5.74) is 4.51. The Labute approximate surface area is 236 Å². The fourth-order valence-corrected chi connectivity index (χ4v) is 5.80. The maximum Gasteiger partial charge on any atom is 0.276 e. The molecule has 6 rings (SSSR count). The van der Waals surface area contributed by atoms with Crippen molar-refractivity contribution in [2.45, 2.75) is 57.4 Å². The van der Waals surface area contributed by atoms with Gasteiger partial charge in [0, 0.05) is 62.2 Å². The van der Waals surface area contributed by atoms with Crippen molar-refractivity contribution >= 4 is 28.3 Å². The summed E-state index contributed by atoms with van der Waals surface area (Å²) in [5.74, 6) is -2.48. The van der Waals surface area contributed by atoms with Gasteiger partial charge in [-0.2, -0.15) is 5.10 Å². The highest BCUT2D eigenvalue weighted by molar-refractivity contribution is 6.11. The molecule has 4 aromatic rings. The lowest BCUT2D eigenvalue weighted by molar-refractivity contribution is -0.0566. The van der Waals surface area contributed by atoms with Crippen LogP contribution in [0.5, 0.6) is 0 Å². The molecule has 0 spiro atoms. The quantitative estimate of drug-likeness (QED) is 0.247. The summed E-state index contributed by atoms with van der Waals surface area (Å²) in [5, 5.41) is 10.6. The number of fused-ring (bicyclic) bond motifs is 1. The summed E-state index contributed by atoms with van der Waals surface area (Å²) < 4.78 is 27.1. The van der Waals surface area contributed by atoms with Gasteiger partial charge in [-0.1, -0.05) is 31.7 Å². The minimum Gasteiger partial charge on any atom is -0.319 e. The number of hydrogen-bond donors (Lipinski definition) is 2. The van der Waals surface area contributed by atoms with E-state index in [9.17, 15) is 18.4 Å². The molecule has 2 N–H and O–H groups in total. The summed E-state index contributed by atoms with van der Waals surface area (Å²) in [6, 6.07) is 11.0. The zero-order chi connectivity index (χ0) is 28.4. The predicted molar refractivity (Wildman–Crippen MR) is 152 cm³/mol. The third kappa shape index (κ3) is 6.32. The Hall–Kier alpha value is -4.05. The summed E-state index contributed by atoms with van der Waals surface area (Å²) in [4.78, 5) is 36.4. The Morgan fingerprint density at radius 3 is 2.56 bits per heavy atom. The Morgan fingerprint density at radius 2 is 1.80 bits per heavy atom. The molecule has 2 fully saturated rings. The summed E-state index contributed by atoms with van der Waals surface area (Å²) >= 11 is 0. The number of likely N-dealkylation sites (tertiary alicyclic amines) is 1. The van der Waals surface area contributed by atoms with Crippen LogP contribution in [0.2, 0.25) is 0 Å². The molecule has 0 bridgehead atoms. The maximum atomic E-state index is 13.5. The van der Waals surface area contributed by atoms with E-state index in [0.29, 0.717) is 54.3 Å². The van der Waals surface area contributed by atoms with E-state index in [1.165, 1.54) is 19.0 Å². The number of hydrogen-bond acceptors (Lipinski definition) is 6. The maximum absolute atomic E-state index is 13.5. The van der Waals surface area contributed by atoms with Crippen LogP contribution >= 0.6 is 0 Å². The average molecular weight is 559 g/mol. The number of anilines is 1. The van der Waals surface area contributed by atoms with Gasteiger partial charge >= 0.3 is 0 Å². The number of carbonyl (C=O) groups excluding carboxylic acids is 2. The number of amides is 1. The minimum atomic E-state index is -2.58. The summed E-state index contributed by atoms with van der Waals surface area (Å²) in [7, 11) is 0. The van der Waals surface area contributed by atoms with E-state index in [-0.39, 0.29) is 24.3 Å². The van der Waals surface area contributed by atoms with Crippen LogP contribution in [-0.4, -0.2) is 55.8 Å². The first kappa shape index (κ1) is 27.1. The lowest BCUT2D eigenvalue weighted by atomic mass is 9.99. The van der Waals surface area contributed by atoms with Gasteiger partial charge in [0.25, 0.3) is 11.8 Å². The van der Waals surface area contributed by atoms with Crippen LogP contribution in [-0.2, 0) is 6.54 Å². The zero-order valence-electron chi connectivity index (χ0n) is 22.7. The molecule has 1 amide bonds. The van der Waals surface area contributed by atoms with Gasteiger partial charge < -0.3 is 5.32 Å². The van der Waals surface area contributed by atoms with Gasteiger partial charge in [0.1, 0.15) is 5.69 Å². The molecule has 3 aromatic heterocycles. The van der Waals surface area contributed by atoms with Crippen LogP contribution in [0, 0.1) is 5.92 Å². The van der Waals surface area contributed by atoms with E-state index in [2.05, 4.69) is 25.5 Å². The average Bonchev–Trinajstić information content (AvgIpc) is 3.64. The molecule has 4 heterocycles. The number of aromatic amines is 1. The van der Waals surface area contributed by atoms with Gasteiger partial charge in [-0.15, -0.1) is 0 Å². The third-order valence-corrected chi connectivity index (χ3v) is 8.16. The second-order valence-electron chi connectivity index (χ2n) is 11.2. The number of ketones is 1. The predicted octanol–water partition coefficient (Wildman–Crippen LogP) is 6.27. The molecule has 2 aliphatic rings. The van der Waals surface area contributed by atoms with Crippen molar-refractivity contribution in [2.24, 2.45) is 5.92 Å². The molecule has 0 atom stereocenters. The number of H-pyrrole nitrogens is 1. The fourth-order valence-electron chi connectivity index (χ4n) is 5.80. The first-order chi connectivity index (χ1) is 19.8. The van der Waals surface area contributed by atoms with Crippen LogP contribution in [0.25, 0.3) is 22.0 Å². The molecule has 1 saturated heterocycles. The monoisotopic (exact) mass is 558 g/mol. The molecule has 212 valence electrons. The first-order valence-electron chi connectivity index (χ1n) is 14.2. The normalized spacial score (nSPS) is 17.6.